The summed E-state index contributed by atoms with van der Waals surface area (Å²) in [6.07, 6.45) is 2.06. The topological polar surface area (TPSA) is 32.3 Å². The molecule has 0 spiro atoms. The Kier molecular flexibility index (Phi) is 3.94. The monoisotopic (exact) mass is 245 g/mol. The highest BCUT2D eigenvalue weighted by atomic mass is 32.2. The van der Waals surface area contributed by atoms with Gasteiger partial charge in [-0.3, -0.25) is 0 Å². The van der Waals surface area contributed by atoms with Gasteiger partial charge in [0.15, 0.2) is 0 Å². The Bertz CT molecular complexity index is 499. The molecule has 2 rings (SSSR count). The fourth-order valence-corrected chi connectivity index (χ4v) is 2.23. The molecule has 0 aromatic heterocycles. The summed E-state index contributed by atoms with van der Waals surface area (Å²) in [5.74, 6) is 0.308. The predicted molar refractivity (Wildman–Crippen MR) is 73.7 cm³/mol. The second-order valence-electron chi connectivity index (χ2n) is 3.72. The summed E-state index contributed by atoms with van der Waals surface area (Å²) in [4.78, 5) is 1.23. The molecular formula is C14H15NOS. The van der Waals surface area contributed by atoms with Crippen LogP contribution in [0.1, 0.15) is 5.56 Å². The molecule has 0 unspecified atom stereocenters. The molecule has 3 heteroatoms. The predicted octanol–water partition coefficient (Wildman–Crippen LogP) is 3.73. The van der Waals surface area contributed by atoms with Gasteiger partial charge in [-0.15, -0.1) is 11.8 Å². The normalized spacial score (nSPS) is 10.2. The van der Waals surface area contributed by atoms with Gasteiger partial charge < -0.3 is 10.4 Å². The van der Waals surface area contributed by atoms with E-state index in [1.807, 2.05) is 24.3 Å². The first-order valence-corrected chi connectivity index (χ1v) is 6.67. The molecule has 0 amide bonds. The molecule has 0 saturated heterocycles. The first-order valence-electron chi connectivity index (χ1n) is 5.44. The molecule has 0 fully saturated rings. The van der Waals surface area contributed by atoms with Crippen LogP contribution in [-0.2, 0) is 6.54 Å². The van der Waals surface area contributed by atoms with Gasteiger partial charge in [0.05, 0.1) is 0 Å². The molecule has 2 nitrogen and oxygen atoms in total. The van der Waals surface area contributed by atoms with E-state index >= 15 is 0 Å². The summed E-state index contributed by atoms with van der Waals surface area (Å²) < 4.78 is 0. The quantitative estimate of drug-likeness (QED) is 0.805. The molecule has 0 aliphatic rings. The Balaban J connectivity index is 2.07. The fraction of sp³-hybridized carbons (Fsp3) is 0.143. The van der Waals surface area contributed by atoms with Gasteiger partial charge in [0, 0.05) is 17.1 Å². The largest absolute Gasteiger partial charge is 0.508 e. The zero-order valence-corrected chi connectivity index (χ0v) is 10.5. The summed E-state index contributed by atoms with van der Waals surface area (Å²) in [7, 11) is 0. The lowest BCUT2D eigenvalue weighted by molar-refractivity contribution is 0.474. The molecule has 2 aromatic carbocycles. The lowest BCUT2D eigenvalue weighted by Crippen LogP contribution is -2.00. The number of nitrogens with one attached hydrogen (secondary N) is 1. The number of phenols is 1. The Morgan fingerprint density at radius 1 is 1.12 bits per heavy atom. The van der Waals surface area contributed by atoms with Gasteiger partial charge in [0.1, 0.15) is 5.75 Å². The molecule has 0 heterocycles. The van der Waals surface area contributed by atoms with Crippen molar-refractivity contribution in [2.45, 2.75) is 11.4 Å². The molecule has 88 valence electrons. The van der Waals surface area contributed by atoms with E-state index in [2.05, 4.69) is 23.7 Å². The van der Waals surface area contributed by atoms with Crippen LogP contribution in [0.15, 0.2) is 53.4 Å². The minimum Gasteiger partial charge on any atom is -0.508 e. The molecule has 0 atom stereocenters. The van der Waals surface area contributed by atoms with Crippen LogP contribution in [0.5, 0.6) is 5.75 Å². The smallest absolute Gasteiger partial charge is 0.115 e. The molecule has 0 aliphatic heterocycles. The van der Waals surface area contributed by atoms with Crippen LogP contribution in [0.2, 0.25) is 0 Å². The molecule has 0 aliphatic carbocycles. The van der Waals surface area contributed by atoms with E-state index in [4.69, 9.17) is 0 Å². The van der Waals surface area contributed by atoms with Crippen LogP contribution in [0.4, 0.5) is 5.69 Å². The van der Waals surface area contributed by atoms with Gasteiger partial charge in [0.2, 0.25) is 0 Å². The average molecular weight is 245 g/mol. The minimum absolute atomic E-state index is 0.308. The Morgan fingerprint density at radius 3 is 2.71 bits per heavy atom. The second kappa shape index (κ2) is 5.64. The summed E-state index contributed by atoms with van der Waals surface area (Å²) in [5, 5.41) is 12.8. The van der Waals surface area contributed by atoms with Crippen molar-refractivity contribution in [1.29, 1.82) is 0 Å². The first-order chi connectivity index (χ1) is 8.29. The van der Waals surface area contributed by atoms with Crippen molar-refractivity contribution in [3.05, 3.63) is 54.1 Å². The van der Waals surface area contributed by atoms with Crippen LogP contribution in [0.25, 0.3) is 0 Å². The van der Waals surface area contributed by atoms with E-state index in [-0.39, 0.29) is 0 Å². The van der Waals surface area contributed by atoms with Gasteiger partial charge in [-0.05, 0) is 36.1 Å². The number of hydrogen-bond acceptors (Lipinski definition) is 3. The lowest BCUT2D eigenvalue weighted by Gasteiger charge is -2.10. The third-order valence-corrected chi connectivity index (χ3v) is 3.30. The number of thioether (sulfide) groups is 1. The van der Waals surface area contributed by atoms with Gasteiger partial charge in [-0.1, -0.05) is 24.3 Å². The van der Waals surface area contributed by atoms with Gasteiger partial charge in [-0.2, -0.15) is 0 Å². The van der Waals surface area contributed by atoms with Crippen LogP contribution in [0.3, 0.4) is 0 Å². The molecule has 0 saturated carbocycles. The van der Waals surface area contributed by atoms with Gasteiger partial charge in [0.25, 0.3) is 0 Å². The summed E-state index contributed by atoms with van der Waals surface area (Å²) in [6.45, 7) is 0.714. The van der Waals surface area contributed by atoms with Crippen molar-refractivity contribution >= 4 is 17.4 Å². The molecule has 17 heavy (non-hydrogen) atoms. The average Bonchev–Trinajstić information content (AvgIpc) is 2.37. The maximum absolute atomic E-state index is 9.38. The highest BCUT2D eigenvalue weighted by Crippen LogP contribution is 2.25. The summed E-state index contributed by atoms with van der Waals surface area (Å²) >= 11 is 1.72. The van der Waals surface area contributed by atoms with E-state index < -0.39 is 0 Å². The van der Waals surface area contributed by atoms with Crippen molar-refractivity contribution in [3.63, 3.8) is 0 Å². The molecule has 2 aromatic rings. The van der Waals surface area contributed by atoms with Crippen LogP contribution in [0, 0.1) is 0 Å². The number of rotatable bonds is 4. The Labute approximate surface area is 106 Å². The van der Waals surface area contributed by atoms with Crippen molar-refractivity contribution in [1.82, 2.24) is 0 Å². The van der Waals surface area contributed by atoms with Gasteiger partial charge in [-0.25, -0.2) is 0 Å². The molecule has 0 radical (unpaired) electrons. The van der Waals surface area contributed by atoms with Crippen molar-refractivity contribution in [3.8, 4) is 5.75 Å². The number of phenolic OH excluding ortho intramolecular Hbond substituents is 1. The van der Waals surface area contributed by atoms with E-state index in [9.17, 15) is 5.11 Å². The maximum Gasteiger partial charge on any atom is 0.115 e. The number of anilines is 1. The molecular weight excluding hydrogens is 230 g/mol. The molecule has 0 bridgehead atoms. The maximum atomic E-state index is 9.38. The van der Waals surface area contributed by atoms with Crippen LogP contribution >= 0.6 is 11.8 Å². The number of benzene rings is 2. The Hall–Kier alpha value is -1.61. The highest BCUT2D eigenvalue weighted by molar-refractivity contribution is 7.98. The lowest BCUT2D eigenvalue weighted by atomic mass is 10.2. The second-order valence-corrected chi connectivity index (χ2v) is 4.57. The SMILES string of the molecule is CSc1ccccc1NCc1cccc(O)c1. The number of hydrogen-bond donors (Lipinski definition) is 2. The Morgan fingerprint density at radius 2 is 1.94 bits per heavy atom. The van der Waals surface area contributed by atoms with Crippen molar-refractivity contribution < 1.29 is 5.11 Å². The standard InChI is InChI=1S/C14H15NOS/c1-17-14-8-3-2-7-13(14)15-10-11-5-4-6-12(16)9-11/h2-9,15-16H,10H2,1H3. The number of para-hydroxylation sites is 1. The highest BCUT2D eigenvalue weighted by Gasteiger charge is 2.00. The van der Waals surface area contributed by atoms with Gasteiger partial charge >= 0.3 is 0 Å². The fourth-order valence-electron chi connectivity index (χ4n) is 1.65. The van der Waals surface area contributed by atoms with Crippen LogP contribution < -0.4 is 5.32 Å². The van der Waals surface area contributed by atoms with E-state index in [1.165, 1.54) is 4.90 Å². The van der Waals surface area contributed by atoms with E-state index in [0.717, 1.165) is 11.3 Å². The van der Waals surface area contributed by atoms with E-state index in [0.29, 0.717) is 12.3 Å². The third kappa shape index (κ3) is 3.17. The third-order valence-electron chi connectivity index (χ3n) is 2.50. The summed E-state index contributed by atoms with van der Waals surface area (Å²) in [6, 6.07) is 15.5. The first kappa shape index (κ1) is 11.9. The van der Waals surface area contributed by atoms with Crippen LogP contribution in [-0.4, -0.2) is 11.4 Å². The van der Waals surface area contributed by atoms with Crippen molar-refractivity contribution in [2.75, 3.05) is 11.6 Å². The minimum atomic E-state index is 0.308. The molecule has 2 N–H and O–H groups in total. The summed E-state index contributed by atoms with van der Waals surface area (Å²) in [5.41, 5.74) is 2.20. The zero-order valence-electron chi connectivity index (χ0n) is 9.68. The van der Waals surface area contributed by atoms with Crippen molar-refractivity contribution in [2.24, 2.45) is 0 Å². The number of aromatic hydroxyl groups is 1. The zero-order chi connectivity index (χ0) is 12.1. The van der Waals surface area contributed by atoms with E-state index in [1.54, 1.807) is 23.9 Å².